The van der Waals surface area contributed by atoms with E-state index in [0.29, 0.717) is 0 Å². The summed E-state index contributed by atoms with van der Waals surface area (Å²) in [4.78, 5) is 0. The van der Waals surface area contributed by atoms with Crippen LogP contribution in [0.5, 0.6) is 0 Å². The number of hydrogen-bond donors (Lipinski definition) is 0. The highest BCUT2D eigenvalue weighted by molar-refractivity contribution is 4.71. The van der Waals surface area contributed by atoms with Crippen LogP contribution < -0.4 is 0 Å². The van der Waals surface area contributed by atoms with E-state index in [1.807, 2.05) is 0 Å². The summed E-state index contributed by atoms with van der Waals surface area (Å²) in [6, 6.07) is 0. The van der Waals surface area contributed by atoms with Crippen molar-refractivity contribution in [2.45, 2.75) is 66.7 Å². The molecule has 0 bridgehead atoms. The van der Waals surface area contributed by atoms with Crippen molar-refractivity contribution in [2.24, 2.45) is 17.8 Å². The van der Waals surface area contributed by atoms with Crippen LogP contribution in [-0.2, 0) is 0 Å². The lowest BCUT2D eigenvalue weighted by Crippen LogP contribution is -2.19. The summed E-state index contributed by atoms with van der Waals surface area (Å²) >= 11 is 0. The van der Waals surface area contributed by atoms with E-state index in [1.54, 1.807) is 0 Å². The summed E-state index contributed by atoms with van der Waals surface area (Å²) in [6.07, 6.45) is 6.86. The fraction of sp³-hybridized carbons (Fsp3) is 1.00. The van der Waals surface area contributed by atoms with Crippen molar-refractivity contribution in [3.63, 3.8) is 0 Å². The van der Waals surface area contributed by atoms with E-state index in [9.17, 15) is 0 Å². The van der Waals surface area contributed by atoms with E-state index < -0.39 is 0 Å². The molecule has 0 aliphatic carbocycles. The predicted octanol–water partition coefficient (Wildman–Crippen LogP) is 4.89. The van der Waals surface area contributed by atoms with Gasteiger partial charge in [-0.25, -0.2) is 0 Å². The molecule has 0 aromatic heterocycles. The van der Waals surface area contributed by atoms with Crippen molar-refractivity contribution in [1.82, 2.24) is 0 Å². The molecule has 0 saturated carbocycles. The first kappa shape index (κ1) is 13.0. The zero-order valence-corrected chi connectivity index (χ0v) is 10.3. The Balaban J connectivity index is 4.07. The molecular formula is C13H28. The lowest BCUT2D eigenvalue weighted by atomic mass is 9.77. The Bertz CT molecular complexity index is 103. The highest BCUT2D eigenvalue weighted by atomic mass is 14.3. The molecule has 0 nitrogen and oxygen atoms in total. The molecule has 2 atom stereocenters. The first-order valence-corrected chi connectivity index (χ1v) is 6.21. The summed E-state index contributed by atoms with van der Waals surface area (Å²) in [6.45, 7) is 11.8. The second kappa shape index (κ2) is 7.41. The topological polar surface area (TPSA) is 0 Å². The van der Waals surface area contributed by atoms with E-state index in [0.717, 1.165) is 17.8 Å². The average molecular weight is 184 g/mol. The molecule has 0 rings (SSSR count). The molecule has 0 aromatic carbocycles. The third kappa shape index (κ3) is 4.15. The third-order valence-corrected chi connectivity index (χ3v) is 3.72. The van der Waals surface area contributed by atoms with Crippen LogP contribution in [0, 0.1) is 17.8 Å². The molecule has 0 saturated heterocycles. The minimum Gasteiger partial charge on any atom is -0.0654 e. The quantitative estimate of drug-likeness (QED) is 0.528. The molecule has 0 N–H and O–H groups in total. The minimum atomic E-state index is 0.931. The summed E-state index contributed by atoms with van der Waals surface area (Å²) in [7, 11) is 0. The summed E-state index contributed by atoms with van der Waals surface area (Å²) in [5.74, 6) is 2.85. The Morgan fingerprint density at radius 2 is 1.23 bits per heavy atom. The van der Waals surface area contributed by atoms with Crippen LogP contribution in [0.2, 0.25) is 0 Å². The first-order chi connectivity index (χ1) is 6.21. The number of hydrogen-bond acceptors (Lipinski definition) is 0. The fourth-order valence-electron chi connectivity index (χ4n) is 2.63. The van der Waals surface area contributed by atoms with Crippen LogP contribution in [-0.4, -0.2) is 0 Å². The second-order valence-corrected chi connectivity index (χ2v) is 4.39. The van der Waals surface area contributed by atoms with Crippen molar-refractivity contribution in [3.8, 4) is 0 Å². The van der Waals surface area contributed by atoms with E-state index in [1.165, 1.54) is 32.1 Å². The molecule has 0 spiro atoms. The van der Waals surface area contributed by atoms with Gasteiger partial charge < -0.3 is 0 Å². The Labute approximate surface area is 85.1 Å². The minimum absolute atomic E-state index is 0.931. The van der Waals surface area contributed by atoms with Crippen molar-refractivity contribution < 1.29 is 0 Å². The fourth-order valence-corrected chi connectivity index (χ4v) is 2.63. The van der Waals surface area contributed by atoms with E-state index >= 15 is 0 Å². The van der Waals surface area contributed by atoms with E-state index in [4.69, 9.17) is 0 Å². The molecule has 0 radical (unpaired) electrons. The van der Waals surface area contributed by atoms with Gasteiger partial charge in [-0.2, -0.15) is 0 Å². The average Bonchev–Trinajstić information content (AvgIpc) is 2.15. The predicted molar refractivity (Wildman–Crippen MR) is 61.9 cm³/mol. The second-order valence-electron chi connectivity index (χ2n) is 4.39. The molecular weight excluding hydrogens is 156 g/mol. The van der Waals surface area contributed by atoms with Gasteiger partial charge >= 0.3 is 0 Å². The van der Waals surface area contributed by atoms with Crippen LogP contribution in [0.1, 0.15) is 66.7 Å². The van der Waals surface area contributed by atoms with Gasteiger partial charge in [0.05, 0.1) is 0 Å². The standard InChI is InChI=1S/C13H28/c1-6-10-13(9-4)11(5)12(7-2)8-3/h11-13H,6-10H2,1-5H3. The van der Waals surface area contributed by atoms with Gasteiger partial charge in [-0.3, -0.25) is 0 Å². The van der Waals surface area contributed by atoms with Crippen LogP contribution in [0.25, 0.3) is 0 Å². The monoisotopic (exact) mass is 184 g/mol. The van der Waals surface area contributed by atoms with Gasteiger partial charge in [-0.15, -0.1) is 0 Å². The van der Waals surface area contributed by atoms with E-state index in [2.05, 4.69) is 34.6 Å². The van der Waals surface area contributed by atoms with Gasteiger partial charge in [0.15, 0.2) is 0 Å². The van der Waals surface area contributed by atoms with Gasteiger partial charge in [0.2, 0.25) is 0 Å². The molecule has 0 aliphatic rings. The normalized spacial score (nSPS) is 16.2. The molecule has 0 heteroatoms. The molecule has 0 fully saturated rings. The molecule has 80 valence electrons. The van der Waals surface area contributed by atoms with Crippen LogP contribution in [0.15, 0.2) is 0 Å². The van der Waals surface area contributed by atoms with Gasteiger partial charge in [0, 0.05) is 0 Å². The highest BCUT2D eigenvalue weighted by Gasteiger charge is 2.21. The van der Waals surface area contributed by atoms with Gasteiger partial charge in [0.1, 0.15) is 0 Å². The van der Waals surface area contributed by atoms with Crippen LogP contribution in [0.4, 0.5) is 0 Å². The molecule has 0 aliphatic heterocycles. The third-order valence-electron chi connectivity index (χ3n) is 3.72. The van der Waals surface area contributed by atoms with Crippen LogP contribution in [0.3, 0.4) is 0 Å². The first-order valence-electron chi connectivity index (χ1n) is 6.21. The lowest BCUT2D eigenvalue weighted by Gasteiger charge is -2.29. The zero-order chi connectivity index (χ0) is 10.3. The van der Waals surface area contributed by atoms with Crippen molar-refractivity contribution in [3.05, 3.63) is 0 Å². The Kier molecular flexibility index (Phi) is 7.41. The highest BCUT2D eigenvalue weighted by Crippen LogP contribution is 2.31. The molecule has 2 unspecified atom stereocenters. The Morgan fingerprint density at radius 3 is 1.54 bits per heavy atom. The van der Waals surface area contributed by atoms with Crippen molar-refractivity contribution >= 4 is 0 Å². The molecule has 0 heterocycles. The van der Waals surface area contributed by atoms with Gasteiger partial charge in [-0.1, -0.05) is 66.7 Å². The summed E-state index contributed by atoms with van der Waals surface area (Å²) in [5, 5.41) is 0. The maximum absolute atomic E-state index is 2.46. The maximum atomic E-state index is 2.46. The van der Waals surface area contributed by atoms with E-state index in [-0.39, 0.29) is 0 Å². The molecule has 0 amide bonds. The van der Waals surface area contributed by atoms with Gasteiger partial charge in [-0.05, 0) is 17.8 Å². The SMILES string of the molecule is CCCC(CC)C(C)C(CC)CC. The summed E-state index contributed by atoms with van der Waals surface area (Å²) in [5.41, 5.74) is 0. The number of rotatable bonds is 7. The Hall–Kier alpha value is 0. The maximum Gasteiger partial charge on any atom is -0.0386 e. The largest absolute Gasteiger partial charge is 0.0654 e. The smallest absolute Gasteiger partial charge is 0.0386 e. The Morgan fingerprint density at radius 1 is 0.769 bits per heavy atom. The van der Waals surface area contributed by atoms with Gasteiger partial charge in [0.25, 0.3) is 0 Å². The van der Waals surface area contributed by atoms with Crippen molar-refractivity contribution in [2.75, 3.05) is 0 Å². The molecule has 0 aromatic rings. The zero-order valence-electron chi connectivity index (χ0n) is 10.3. The summed E-state index contributed by atoms with van der Waals surface area (Å²) < 4.78 is 0. The van der Waals surface area contributed by atoms with Crippen LogP contribution >= 0.6 is 0 Å². The lowest BCUT2D eigenvalue weighted by molar-refractivity contribution is 0.216. The molecule has 13 heavy (non-hydrogen) atoms. The van der Waals surface area contributed by atoms with Crippen molar-refractivity contribution in [1.29, 1.82) is 0 Å².